The summed E-state index contributed by atoms with van der Waals surface area (Å²) >= 11 is 0. The van der Waals surface area contributed by atoms with Gasteiger partial charge in [0, 0.05) is 25.4 Å². The molecule has 26 heavy (non-hydrogen) atoms. The molecule has 2 aliphatic heterocycles. The lowest BCUT2D eigenvalue weighted by Crippen LogP contribution is -2.32. The molecule has 0 bridgehead atoms. The first kappa shape index (κ1) is 17.0. The lowest BCUT2D eigenvalue weighted by atomic mass is 9.95. The van der Waals surface area contributed by atoms with Gasteiger partial charge in [0.05, 0.1) is 6.54 Å². The molecule has 2 aliphatic rings. The average Bonchev–Trinajstić information content (AvgIpc) is 3.24. The number of fused-ring (bicyclic) bond motifs is 1. The third kappa shape index (κ3) is 3.16. The second kappa shape index (κ2) is 7.03. The summed E-state index contributed by atoms with van der Waals surface area (Å²) in [6.45, 7) is 4.69. The first-order valence-corrected chi connectivity index (χ1v) is 9.18. The van der Waals surface area contributed by atoms with Gasteiger partial charge in [0.1, 0.15) is 17.1 Å². The predicted octanol–water partition coefficient (Wildman–Crippen LogP) is 0.883. The number of amides is 1. The number of hydrogen-bond donors (Lipinski definition) is 2. The SMILES string of the molecule is Cc1cc(C2CCCNC2)oc(=O)c1C(=O)NCc1nnc2n1CCC2. The zero-order chi connectivity index (χ0) is 18.1. The van der Waals surface area contributed by atoms with Crippen LogP contribution in [-0.4, -0.2) is 33.8 Å². The molecule has 1 unspecified atom stereocenters. The molecule has 0 radical (unpaired) electrons. The van der Waals surface area contributed by atoms with Crippen molar-refractivity contribution in [2.75, 3.05) is 13.1 Å². The van der Waals surface area contributed by atoms with Crippen molar-refractivity contribution in [2.24, 2.45) is 0 Å². The minimum absolute atomic E-state index is 0.0682. The number of aromatic nitrogens is 3. The molecule has 1 saturated heterocycles. The number of hydrogen-bond acceptors (Lipinski definition) is 6. The van der Waals surface area contributed by atoms with Crippen molar-refractivity contribution in [2.45, 2.75) is 51.6 Å². The molecule has 0 saturated carbocycles. The second-order valence-corrected chi connectivity index (χ2v) is 7.01. The van der Waals surface area contributed by atoms with Crippen molar-refractivity contribution in [3.63, 3.8) is 0 Å². The van der Waals surface area contributed by atoms with Crippen molar-refractivity contribution in [1.29, 1.82) is 0 Å². The first-order chi connectivity index (χ1) is 12.6. The van der Waals surface area contributed by atoms with E-state index in [0.29, 0.717) is 11.3 Å². The Labute approximate surface area is 151 Å². The maximum absolute atomic E-state index is 12.5. The predicted molar refractivity (Wildman–Crippen MR) is 94.1 cm³/mol. The third-order valence-corrected chi connectivity index (χ3v) is 5.19. The van der Waals surface area contributed by atoms with Crippen LogP contribution in [0.25, 0.3) is 0 Å². The van der Waals surface area contributed by atoms with Gasteiger partial charge in [0.25, 0.3) is 5.91 Å². The van der Waals surface area contributed by atoms with Gasteiger partial charge in [0.2, 0.25) is 0 Å². The van der Waals surface area contributed by atoms with Gasteiger partial charge in [-0.1, -0.05) is 0 Å². The van der Waals surface area contributed by atoms with Crippen LogP contribution in [0, 0.1) is 6.92 Å². The molecule has 1 fully saturated rings. The normalized spacial score (nSPS) is 19.3. The fourth-order valence-corrected chi connectivity index (χ4v) is 3.79. The minimum Gasteiger partial charge on any atom is -0.427 e. The largest absolute Gasteiger partial charge is 0.427 e. The highest BCUT2D eigenvalue weighted by molar-refractivity contribution is 5.95. The molecule has 2 N–H and O–H groups in total. The van der Waals surface area contributed by atoms with E-state index in [2.05, 4.69) is 20.8 Å². The van der Waals surface area contributed by atoms with Crippen molar-refractivity contribution < 1.29 is 9.21 Å². The minimum atomic E-state index is -0.574. The maximum atomic E-state index is 12.5. The monoisotopic (exact) mass is 357 g/mol. The van der Waals surface area contributed by atoms with Gasteiger partial charge in [-0.25, -0.2) is 4.79 Å². The van der Waals surface area contributed by atoms with Crippen molar-refractivity contribution >= 4 is 5.91 Å². The third-order valence-electron chi connectivity index (χ3n) is 5.19. The van der Waals surface area contributed by atoms with Crippen molar-refractivity contribution in [1.82, 2.24) is 25.4 Å². The summed E-state index contributed by atoms with van der Waals surface area (Å²) in [6.07, 6.45) is 4.00. The maximum Gasteiger partial charge on any atom is 0.349 e. The van der Waals surface area contributed by atoms with E-state index in [0.717, 1.165) is 57.0 Å². The summed E-state index contributed by atoms with van der Waals surface area (Å²) in [6, 6.07) is 1.82. The number of carbonyl (C=O) groups excluding carboxylic acids is 1. The zero-order valence-electron chi connectivity index (χ0n) is 14.9. The van der Waals surface area contributed by atoms with E-state index >= 15 is 0 Å². The number of aryl methyl sites for hydroxylation is 2. The standard InChI is InChI=1S/C18H23N5O3/c1-11-8-13(12-4-2-6-19-9-12)26-18(25)16(11)17(24)20-10-15-22-21-14-5-3-7-23(14)15/h8,12,19H,2-7,9-10H2,1H3,(H,20,24). The van der Waals surface area contributed by atoms with Crippen LogP contribution in [0.2, 0.25) is 0 Å². The van der Waals surface area contributed by atoms with Crippen LogP contribution >= 0.6 is 0 Å². The van der Waals surface area contributed by atoms with E-state index in [1.165, 1.54) is 0 Å². The molecular formula is C18H23N5O3. The van der Waals surface area contributed by atoms with Crippen LogP contribution in [0.5, 0.6) is 0 Å². The average molecular weight is 357 g/mol. The Balaban J connectivity index is 1.49. The van der Waals surface area contributed by atoms with E-state index in [-0.39, 0.29) is 18.0 Å². The summed E-state index contributed by atoms with van der Waals surface area (Å²) < 4.78 is 7.49. The highest BCUT2D eigenvalue weighted by Crippen LogP contribution is 2.23. The molecule has 8 heteroatoms. The molecule has 0 aromatic carbocycles. The lowest BCUT2D eigenvalue weighted by Gasteiger charge is -2.22. The molecule has 8 nitrogen and oxygen atoms in total. The molecule has 2 aromatic rings. The van der Waals surface area contributed by atoms with Crippen LogP contribution in [-0.2, 0) is 19.5 Å². The smallest absolute Gasteiger partial charge is 0.349 e. The fourth-order valence-electron chi connectivity index (χ4n) is 3.79. The Morgan fingerprint density at radius 2 is 2.31 bits per heavy atom. The van der Waals surface area contributed by atoms with Crippen LogP contribution in [0.3, 0.4) is 0 Å². The number of carbonyl (C=O) groups is 1. The molecule has 4 heterocycles. The lowest BCUT2D eigenvalue weighted by molar-refractivity contribution is 0.0944. The molecule has 1 amide bonds. The molecular weight excluding hydrogens is 334 g/mol. The summed E-state index contributed by atoms with van der Waals surface area (Å²) in [5.74, 6) is 2.09. The van der Waals surface area contributed by atoms with E-state index in [4.69, 9.17) is 4.42 Å². The summed E-state index contributed by atoms with van der Waals surface area (Å²) in [5.41, 5.74) is 0.138. The first-order valence-electron chi connectivity index (χ1n) is 9.18. The summed E-state index contributed by atoms with van der Waals surface area (Å²) in [4.78, 5) is 24.9. The van der Waals surface area contributed by atoms with Gasteiger partial charge in [-0.05, 0) is 44.4 Å². The van der Waals surface area contributed by atoms with Crippen LogP contribution in [0.1, 0.15) is 58.5 Å². The molecule has 138 valence electrons. The number of nitrogens with zero attached hydrogens (tertiary/aromatic N) is 3. The summed E-state index contributed by atoms with van der Waals surface area (Å²) in [7, 11) is 0. The highest BCUT2D eigenvalue weighted by Gasteiger charge is 2.23. The van der Waals surface area contributed by atoms with E-state index < -0.39 is 11.5 Å². The van der Waals surface area contributed by atoms with Crippen LogP contribution in [0.4, 0.5) is 0 Å². The van der Waals surface area contributed by atoms with Crippen molar-refractivity contribution in [3.8, 4) is 0 Å². The quantitative estimate of drug-likeness (QED) is 0.842. The topological polar surface area (TPSA) is 102 Å². The van der Waals surface area contributed by atoms with Crippen LogP contribution < -0.4 is 16.3 Å². The molecule has 4 rings (SSSR count). The number of piperidine rings is 1. The van der Waals surface area contributed by atoms with Crippen molar-refractivity contribution in [3.05, 3.63) is 45.0 Å². The van der Waals surface area contributed by atoms with Gasteiger partial charge in [-0.3, -0.25) is 4.79 Å². The van der Waals surface area contributed by atoms with Gasteiger partial charge < -0.3 is 19.6 Å². The molecule has 2 aromatic heterocycles. The zero-order valence-corrected chi connectivity index (χ0v) is 14.9. The molecule has 0 spiro atoms. The fraction of sp³-hybridized carbons (Fsp3) is 0.556. The Kier molecular flexibility index (Phi) is 4.58. The Hall–Kier alpha value is -2.48. The Bertz CT molecular complexity index is 879. The highest BCUT2D eigenvalue weighted by atomic mass is 16.4. The van der Waals surface area contributed by atoms with E-state index in [9.17, 15) is 9.59 Å². The second-order valence-electron chi connectivity index (χ2n) is 7.01. The molecule has 0 aliphatic carbocycles. The number of rotatable bonds is 4. The van der Waals surface area contributed by atoms with Gasteiger partial charge in [-0.15, -0.1) is 10.2 Å². The van der Waals surface area contributed by atoms with E-state index in [1.54, 1.807) is 6.92 Å². The molecule has 1 atom stereocenters. The number of nitrogens with one attached hydrogen (secondary N) is 2. The van der Waals surface area contributed by atoms with E-state index in [1.807, 2.05) is 10.6 Å². The van der Waals surface area contributed by atoms with Crippen LogP contribution in [0.15, 0.2) is 15.3 Å². The van der Waals surface area contributed by atoms with Gasteiger partial charge >= 0.3 is 5.63 Å². The Morgan fingerprint density at radius 3 is 3.08 bits per heavy atom. The summed E-state index contributed by atoms with van der Waals surface area (Å²) in [5, 5.41) is 14.3. The van der Waals surface area contributed by atoms with Gasteiger partial charge in [-0.2, -0.15) is 0 Å². The van der Waals surface area contributed by atoms with Gasteiger partial charge in [0.15, 0.2) is 5.82 Å². The Morgan fingerprint density at radius 1 is 1.42 bits per heavy atom.